The van der Waals surface area contributed by atoms with Crippen LogP contribution in [0, 0.1) is 0 Å². The predicted molar refractivity (Wildman–Crippen MR) is 84.6 cm³/mol. The van der Waals surface area contributed by atoms with Gasteiger partial charge in [0.1, 0.15) is 0 Å². The molecule has 0 unspecified atom stereocenters. The van der Waals surface area contributed by atoms with E-state index in [9.17, 15) is 4.79 Å². The minimum Gasteiger partial charge on any atom is -0.378 e. The highest BCUT2D eigenvalue weighted by molar-refractivity contribution is 5.95. The summed E-state index contributed by atoms with van der Waals surface area (Å²) in [5.74, 6) is -0.0127. The zero-order valence-corrected chi connectivity index (χ0v) is 12.6. The number of anilines is 1. The SMILES string of the molecule is CN(C)c1cccc(C(=O)NCCCCn2ccnc2)c1. The third kappa shape index (κ3) is 4.63. The first-order valence-corrected chi connectivity index (χ1v) is 7.18. The summed E-state index contributed by atoms with van der Waals surface area (Å²) in [4.78, 5) is 18.1. The Morgan fingerprint density at radius 3 is 2.90 bits per heavy atom. The first-order chi connectivity index (χ1) is 10.2. The van der Waals surface area contributed by atoms with Crippen LogP contribution in [0.15, 0.2) is 43.0 Å². The number of benzene rings is 1. The maximum atomic E-state index is 12.1. The van der Waals surface area contributed by atoms with E-state index in [0.717, 1.165) is 25.1 Å². The molecule has 0 aliphatic rings. The molecule has 0 saturated carbocycles. The van der Waals surface area contributed by atoms with E-state index in [4.69, 9.17) is 0 Å². The molecule has 0 aliphatic carbocycles. The topological polar surface area (TPSA) is 50.2 Å². The highest BCUT2D eigenvalue weighted by Gasteiger charge is 2.06. The Kier molecular flexibility index (Phi) is 5.37. The lowest BCUT2D eigenvalue weighted by atomic mass is 10.1. The number of carbonyl (C=O) groups excluding carboxylic acids is 1. The number of unbranched alkanes of at least 4 members (excludes halogenated alkanes) is 1. The van der Waals surface area contributed by atoms with Crippen LogP contribution >= 0.6 is 0 Å². The van der Waals surface area contributed by atoms with Gasteiger partial charge in [-0.25, -0.2) is 4.98 Å². The minimum absolute atomic E-state index is 0.0127. The Morgan fingerprint density at radius 2 is 2.19 bits per heavy atom. The molecule has 1 aromatic heterocycles. The summed E-state index contributed by atoms with van der Waals surface area (Å²) in [5, 5.41) is 2.96. The number of imidazole rings is 1. The molecule has 0 aliphatic heterocycles. The molecule has 112 valence electrons. The van der Waals surface area contributed by atoms with Gasteiger partial charge in [-0.1, -0.05) is 6.07 Å². The zero-order valence-electron chi connectivity index (χ0n) is 12.6. The van der Waals surface area contributed by atoms with Crippen molar-refractivity contribution in [3.8, 4) is 0 Å². The second-order valence-electron chi connectivity index (χ2n) is 5.21. The van der Waals surface area contributed by atoms with Crippen LogP contribution in [-0.4, -0.2) is 36.1 Å². The monoisotopic (exact) mass is 286 g/mol. The maximum Gasteiger partial charge on any atom is 0.251 e. The van der Waals surface area contributed by atoms with Crippen LogP contribution in [0.1, 0.15) is 23.2 Å². The third-order valence-electron chi connectivity index (χ3n) is 3.31. The molecule has 1 aromatic carbocycles. The molecule has 0 saturated heterocycles. The molecule has 5 heteroatoms. The van der Waals surface area contributed by atoms with Crippen LogP contribution < -0.4 is 10.2 Å². The number of hydrogen-bond donors (Lipinski definition) is 1. The van der Waals surface area contributed by atoms with Crippen molar-refractivity contribution in [3.05, 3.63) is 48.5 Å². The summed E-state index contributed by atoms with van der Waals surface area (Å²) in [7, 11) is 3.93. The molecular weight excluding hydrogens is 264 g/mol. The van der Waals surface area contributed by atoms with E-state index in [2.05, 4.69) is 10.3 Å². The van der Waals surface area contributed by atoms with Crippen molar-refractivity contribution in [2.45, 2.75) is 19.4 Å². The van der Waals surface area contributed by atoms with E-state index in [1.807, 2.05) is 60.4 Å². The number of nitrogens with one attached hydrogen (secondary N) is 1. The van der Waals surface area contributed by atoms with Gasteiger partial charge < -0.3 is 14.8 Å². The predicted octanol–water partition coefficient (Wildman–Crippen LogP) is 2.16. The molecule has 21 heavy (non-hydrogen) atoms. The largest absolute Gasteiger partial charge is 0.378 e. The van der Waals surface area contributed by atoms with Gasteiger partial charge >= 0.3 is 0 Å². The number of carbonyl (C=O) groups is 1. The lowest BCUT2D eigenvalue weighted by Gasteiger charge is -2.13. The van der Waals surface area contributed by atoms with Crippen LogP contribution in [0.3, 0.4) is 0 Å². The van der Waals surface area contributed by atoms with E-state index >= 15 is 0 Å². The number of nitrogens with zero attached hydrogens (tertiary/aromatic N) is 3. The highest BCUT2D eigenvalue weighted by atomic mass is 16.1. The standard InChI is InChI=1S/C16H22N4O/c1-19(2)15-7-5-6-14(12-15)16(21)18-8-3-4-10-20-11-9-17-13-20/h5-7,9,11-13H,3-4,8,10H2,1-2H3,(H,18,21). The van der Waals surface area contributed by atoms with Crippen LogP contribution in [0.2, 0.25) is 0 Å². The summed E-state index contributed by atoms with van der Waals surface area (Å²) in [6.07, 6.45) is 7.52. The second kappa shape index (κ2) is 7.47. The first-order valence-electron chi connectivity index (χ1n) is 7.18. The van der Waals surface area contributed by atoms with Crippen molar-refractivity contribution in [2.24, 2.45) is 0 Å². The summed E-state index contributed by atoms with van der Waals surface area (Å²) < 4.78 is 2.04. The maximum absolute atomic E-state index is 12.1. The summed E-state index contributed by atoms with van der Waals surface area (Å²) in [6.45, 7) is 1.63. The number of rotatable bonds is 7. The van der Waals surface area contributed by atoms with Gasteiger partial charge in [-0.15, -0.1) is 0 Å². The lowest BCUT2D eigenvalue weighted by Crippen LogP contribution is -2.24. The molecule has 0 radical (unpaired) electrons. The lowest BCUT2D eigenvalue weighted by molar-refractivity contribution is 0.0953. The molecule has 5 nitrogen and oxygen atoms in total. The Bertz CT molecular complexity index is 563. The van der Waals surface area contributed by atoms with Crippen molar-refractivity contribution < 1.29 is 4.79 Å². The second-order valence-corrected chi connectivity index (χ2v) is 5.21. The summed E-state index contributed by atoms with van der Waals surface area (Å²) >= 11 is 0. The van der Waals surface area contributed by atoms with Gasteiger partial charge in [-0.05, 0) is 31.0 Å². The average Bonchev–Trinajstić information content (AvgIpc) is 3.00. The number of aromatic nitrogens is 2. The Balaban J connectivity index is 1.73. The van der Waals surface area contributed by atoms with Gasteiger partial charge in [0, 0.05) is 50.8 Å². The van der Waals surface area contributed by atoms with Crippen molar-refractivity contribution in [1.82, 2.24) is 14.9 Å². The molecule has 0 bridgehead atoms. The Hall–Kier alpha value is -2.30. The molecule has 2 aromatic rings. The molecule has 1 N–H and O–H groups in total. The van der Waals surface area contributed by atoms with Crippen LogP contribution in [-0.2, 0) is 6.54 Å². The average molecular weight is 286 g/mol. The number of aryl methyl sites for hydroxylation is 1. The summed E-state index contributed by atoms with van der Waals surface area (Å²) in [5.41, 5.74) is 1.73. The fourth-order valence-corrected chi connectivity index (χ4v) is 2.07. The fraction of sp³-hybridized carbons (Fsp3) is 0.375. The van der Waals surface area contributed by atoms with Crippen molar-refractivity contribution in [3.63, 3.8) is 0 Å². The van der Waals surface area contributed by atoms with Crippen LogP contribution in [0.25, 0.3) is 0 Å². The summed E-state index contributed by atoms with van der Waals surface area (Å²) in [6, 6.07) is 7.64. The Labute approximate surface area is 125 Å². The minimum atomic E-state index is -0.0127. The quantitative estimate of drug-likeness (QED) is 0.794. The third-order valence-corrected chi connectivity index (χ3v) is 3.31. The normalized spacial score (nSPS) is 10.4. The molecule has 1 amide bonds. The van der Waals surface area contributed by atoms with Gasteiger partial charge in [0.2, 0.25) is 0 Å². The van der Waals surface area contributed by atoms with E-state index in [1.165, 1.54) is 0 Å². The van der Waals surface area contributed by atoms with Crippen LogP contribution in [0.4, 0.5) is 5.69 Å². The molecule has 1 heterocycles. The smallest absolute Gasteiger partial charge is 0.251 e. The fourth-order valence-electron chi connectivity index (χ4n) is 2.07. The molecular formula is C16H22N4O. The van der Waals surface area contributed by atoms with Gasteiger partial charge in [-0.2, -0.15) is 0 Å². The zero-order chi connectivity index (χ0) is 15.1. The molecule has 2 rings (SSSR count). The van der Waals surface area contributed by atoms with Gasteiger partial charge in [0.05, 0.1) is 6.33 Å². The van der Waals surface area contributed by atoms with E-state index in [1.54, 1.807) is 6.20 Å². The first kappa shape index (κ1) is 15.1. The van der Waals surface area contributed by atoms with Gasteiger partial charge in [-0.3, -0.25) is 4.79 Å². The Morgan fingerprint density at radius 1 is 1.33 bits per heavy atom. The van der Waals surface area contributed by atoms with Crippen molar-refractivity contribution in [2.75, 3.05) is 25.5 Å². The van der Waals surface area contributed by atoms with E-state index in [0.29, 0.717) is 12.1 Å². The number of hydrogen-bond acceptors (Lipinski definition) is 3. The van der Waals surface area contributed by atoms with E-state index < -0.39 is 0 Å². The van der Waals surface area contributed by atoms with Crippen molar-refractivity contribution >= 4 is 11.6 Å². The van der Waals surface area contributed by atoms with Gasteiger partial charge in [0.25, 0.3) is 5.91 Å². The molecule has 0 spiro atoms. The van der Waals surface area contributed by atoms with Crippen molar-refractivity contribution in [1.29, 1.82) is 0 Å². The molecule has 0 atom stereocenters. The van der Waals surface area contributed by atoms with Gasteiger partial charge in [0.15, 0.2) is 0 Å². The highest BCUT2D eigenvalue weighted by Crippen LogP contribution is 2.13. The van der Waals surface area contributed by atoms with E-state index in [-0.39, 0.29) is 5.91 Å². The number of amides is 1. The van der Waals surface area contributed by atoms with Crippen LogP contribution in [0.5, 0.6) is 0 Å². The molecule has 0 fully saturated rings.